The third-order valence-electron chi connectivity index (χ3n) is 1.52. The van der Waals surface area contributed by atoms with Crippen molar-refractivity contribution in [3.63, 3.8) is 0 Å². The van der Waals surface area contributed by atoms with E-state index in [0.29, 0.717) is 12.1 Å². The third kappa shape index (κ3) is 2.85. The number of aromatic nitrogens is 1. The molecule has 2 nitrogen and oxygen atoms in total. The summed E-state index contributed by atoms with van der Waals surface area (Å²) in [5, 5.41) is 0. The van der Waals surface area contributed by atoms with Crippen molar-refractivity contribution >= 4 is 6.08 Å². The Labute approximate surface area is 79.3 Å². The second-order valence-corrected chi connectivity index (χ2v) is 2.61. The average Bonchev–Trinajstić information content (AvgIpc) is 2.14. The topological polar surface area (TPSA) is 38.9 Å². The molecule has 1 aromatic rings. The van der Waals surface area contributed by atoms with Crippen molar-refractivity contribution in [2.45, 2.75) is 6.18 Å². The van der Waals surface area contributed by atoms with Crippen molar-refractivity contribution < 1.29 is 13.2 Å². The van der Waals surface area contributed by atoms with Gasteiger partial charge in [0.25, 0.3) is 0 Å². The maximum atomic E-state index is 12.2. The van der Waals surface area contributed by atoms with Gasteiger partial charge >= 0.3 is 6.18 Å². The first-order valence-corrected chi connectivity index (χ1v) is 3.94. The fraction of sp³-hybridized carbons (Fsp3) is 0.222. The first-order valence-electron chi connectivity index (χ1n) is 3.94. The number of nitrogens with two attached hydrogens (primary N) is 1. The molecular weight excluding hydrogens is 193 g/mol. The Morgan fingerprint density at radius 1 is 1.43 bits per heavy atom. The van der Waals surface area contributed by atoms with E-state index in [9.17, 15) is 13.2 Å². The van der Waals surface area contributed by atoms with Gasteiger partial charge in [-0.1, -0.05) is 12.2 Å². The Morgan fingerprint density at radius 2 is 2.14 bits per heavy atom. The van der Waals surface area contributed by atoms with Gasteiger partial charge in [0.05, 0.1) is 0 Å². The van der Waals surface area contributed by atoms with Crippen LogP contribution in [-0.4, -0.2) is 11.5 Å². The van der Waals surface area contributed by atoms with Crippen LogP contribution in [0.2, 0.25) is 0 Å². The molecule has 5 heteroatoms. The molecule has 0 aromatic carbocycles. The molecule has 76 valence electrons. The summed E-state index contributed by atoms with van der Waals surface area (Å²) in [5.74, 6) is 0. The minimum absolute atomic E-state index is 0.295. The van der Waals surface area contributed by atoms with E-state index >= 15 is 0 Å². The van der Waals surface area contributed by atoms with Crippen LogP contribution in [0.25, 0.3) is 6.08 Å². The Balaban J connectivity index is 2.96. The summed E-state index contributed by atoms with van der Waals surface area (Å²) in [5.41, 5.74) is 4.73. The Hall–Kier alpha value is -1.36. The zero-order chi connectivity index (χ0) is 10.6. The molecule has 0 saturated heterocycles. The van der Waals surface area contributed by atoms with E-state index in [2.05, 4.69) is 4.98 Å². The molecule has 0 aliphatic heterocycles. The van der Waals surface area contributed by atoms with E-state index in [0.717, 1.165) is 12.3 Å². The summed E-state index contributed by atoms with van der Waals surface area (Å²) in [4.78, 5) is 3.23. The average molecular weight is 202 g/mol. The molecule has 0 aliphatic carbocycles. The van der Waals surface area contributed by atoms with Crippen LogP contribution in [0.1, 0.15) is 11.3 Å². The van der Waals surface area contributed by atoms with Crippen molar-refractivity contribution in [1.29, 1.82) is 0 Å². The van der Waals surface area contributed by atoms with Crippen LogP contribution >= 0.6 is 0 Å². The molecule has 0 fully saturated rings. The predicted molar refractivity (Wildman–Crippen MR) is 47.3 cm³/mol. The zero-order valence-electron chi connectivity index (χ0n) is 7.25. The lowest BCUT2D eigenvalue weighted by molar-refractivity contribution is -0.141. The number of rotatable bonds is 2. The van der Waals surface area contributed by atoms with Gasteiger partial charge in [-0.3, -0.25) is 4.98 Å². The monoisotopic (exact) mass is 202 g/mol. The lowest BCUT2D eigenvalue weighted by Gasteiger charge is -2.05. The van der Waals surface area contributed by atoms with Gasteiger partial charge in [0.2, 0.25) is 0 Å². The summed E-state index contributed by atoms with van der Waals surface area (Å²) in [6.07, 6.45) is -0.169. The smallest absolute Gasteiger partial charge is 0.327 e. The van der Waals surface area contributed by atoms with Crippen LogP contribution in [0.3, 0.4) is 0 Å². The molecular formula is C9H9F3N2. The van der Waals surface area contributed by atoms with Gasteiger partial charge in [0.15, 0.2) is 0 Å². The summed E-state index contributed by atoms with van der Waals surface area (Å²) < 4.78 is 36.5. The number of nitrogens with zero attached hydrogens (tertiary/aromatic N) is 1. The largest absolute Gasteiger partial charge is 0.433 e. The molecule has 14 heavy (non-hydrogen) atoms. The molecule has 0 spiro atoms. The SMILES string of the molecule is NCC=Cc1ccnc(C(F)(F)F)c1. The van der Waals surface area contributed by atoms with E-state index in [1.165, 1.54) is 12.1 Å². The Kier molecular flexibility index (Phi) is 3.24. The minimum atomic E-state index is -4.40. The van der Waals surface area contributed by atoms with Gasteiger partial charge in [-0.05, 0) is 17.7 Å². The maximum absolute atomic E-state index is 12.2. The van der Waals surface area contributed by atoms with Crippen molar-refractivity contribution in [3.05, 3.63) is 35.7 Å². The van der Waals surface area contributed by atoms with Gasteiger partial charge in [0, 0.05) is 12.7 Å². The highest BCUT2D eigenvalue weighted by Crippen LogP contribution is 2.27. The normalized spacial score (nSPS) is 12.3. The fourth-order valence-corrected chi connectivity index (χ4v) is 0.910. The van der Waals surface area contributed by atoms with Crippen LogP contribution in [0.4, 0.5) is 13.2 Å². The van der Waals surface area contributed by atoms with Crippen molar-refractivity contribution in [3.8, 4) is 0 Å². The van der Waals surface area contributed by atoms with E-state index in [1.54, 1.807) is 6.08 Å². The predicted octanol–water partition coefficient (Wildman–Crippen LogP) is 2.07. The number of halogens is 3. The minimum Gasteiger partial charge on any atom is -0.327 e. The molecule has 0 atom stereocenters. The van der Waals surface area contributed by atoms with Crippen molar-refractivity contribution in [1.82, 2.24) is 4.98 Å². The van der Waals surface area contributed by atoms with Gasteiger partial charge < -0.3 is 5.73 Å². The molecule has 0 aliphatic rings. The Morgan fingerprint density at radius 3 is 2.71 bits per heavy atom. The molecule has 1 heterocycles. The van der Waals surface area contributed by atoms with Crippen LogP contribution < -0.4 is 5.73 Å². The molecule has 0 unspecified atom stereocenters. The second kappa shape index (κ2) is 4.23. The molecule has 0 radical (unpaired) electrons. The quantitative estimate of drug-likeness (QED) is 0.797. The summed E-state index contributed by atoms with van der Waals surface area (Å²) in [7, 11) is 0. The molecule has 2 N–H and O–H groups in total. The lowest BCUT2D eigenvalue weighted by atomic mass is 10.2. The third-order valence-corrected chi connectivity index (χ3v) is 1.52. The van der Waals surface area contributed by atoms with Crippen LogP contribution in [0.15, 0.2) is 24.4 Å². The fourth-order valence-electron chi connectivity index (χ4n) is 0.910. The van der Waals surface area contributed by atoms with E-state index < -0.39 is 11.9 Å². The van der Waals surface area contributed by atoms with Crippen molar-refractivity contribution in [2.75, 3.05) is 6.54 Å². The van der Waals surface area contributed by atoms with E-state index in [1.807, 2.05) is 0 Å². The highest BCUT2D eigenvalue weighted by molar-refractivity contribution is 5.49. The highest BCUT2D eigenvalue weighted by atomic mass is 19.4. The maximum Gasteiger partial charge on any atom is 0.433 e. The first-order chi connectivity index (χ1) is 6.54. The number of hydrogen-bond acceptors (Lipinski definition) is 2. The van der Waals surface area contributed by atoms with Gasteiger partial charge in [0.1, 0.15) is 5.69 Å². The van der Waals surface area contributed by atoms with E-state index in [4.69, 9.17) is 5.73 Å². The molecule has 1 rings (SSSR count). The molecule has 0 bridgehead atoms. The van der Waals surface area contributed by atoms with Crippen molar-refractivity contribution in [2.24, 2.45) is 5.73 Å². The van der Waals surface area contributed by atoms with Crippen LogP contribution in [-0.2, 0) is 6.18 Å². The summed E-state index contributed by atoms with van der Waals surface area (Å²) in [6.45, 7) is 0.295. The van der Waals surface area contributed by atoms with Gasteiger partial charge in [-0.25, -0.2) is 0 Å². The Bertz CT molecular complexity index is 331. The van der Waals surface area contributed by atoms with Gasteiger partial charge in [-0.15, -0.1) is 0 Å². The molecule has 0 amide bonds. The standard InChI is InChI=1S/C9H9F3N2/c10-9(11,12)8-6-7(2-1-4-13)3-5-14-8/h1-3,5-6H,4,13H2. The van der Waals surface area contributed by atoms with E-state index in [-0.39, 0.29) is 0 Å². The van der Waals surface area contributed by atoms with Crippen LogP contribution in [0.5, 0.6) is 0 Å². The zero-order valence-corrected chi connectivity index (χ0v) is 7.25. The highest BCUT2D eigenvalue weighted by Gasteiger charge is 2.32. The lowest BCUT2D eigenvalue weighted by Crippen LogP contribution is -2.07. The van der Waals surface area contributed by atoms with Gasteiger partial charge in [-0.2, -0.15) is 13.2 Å². The molecule has 0 saturated carbocycles. The number of alkyl halides is 3. The van der Waals surface area contributed by atoms with Crippen LogP contribution in [0, 0.1) is 0 Å². The first kappa shape index (κ1) is 10.7. The second-order valence-electron chi connectivity index (χ2n) is 2.61. The summed E-state index contributed by atoms with van der Waals surface area (Å²) in [6, 6.07) is 2.47. The number of hydrogen-bond donors (Lipinski definition) is 1. The summed E-state index contributed by atoms with van der Waals surface area (Å²) >= 11 is 0. The molecule has 1 aromatic heterocycles. The number of pyridine rings is 1.